The third kappa shape index (κ3) is 5.72. The Hall–Kier alpha value is -3.34. The van der Waals surface area contributed by atoms with Crippen LogP contribution in [-0.2, 0) is 14.4 Å². The van der Waals surface area contributed by atoms with Crippen molar-refractivity contribution < 1.29 is 18.8 Å². The number of amides is 3. The van der Waals surface area contributed by atoms with Crippen molar-refractivity contribution in [1.29, 1.82) is 0 Å². The summed E-state index contributed by atoms with van der Waals surface area (Å²) < 4.78 is 13.8. The fourth-order valence-electron chi connectivity index (χ4n) is 4.49. The van der Waals surface area contributed by atoms with E-state index in [2.05, 4.69) is 20.8 Å². The van der Waals surface area contributed by atoms with E-state index in [1.807, 2.05) is 18.7 Å². The second-order valence-electron chi connectivity index (χ2n) is 9.25. The molecule has 0 saturated carbocycles. The van der Waals surface area contributed by atoms with E-state index >= 15 is 0 Å². The molecule has 0 radical (unpaired) electrons. The number of nitrogens with zero attached hydrogens (tertiary/aromatic N) is 3. The Labute approximate surface area is 213 Å². The highest BCUT2D eigenvalue weighted by Crippen LogP contribution is 2.53. The van der Waals surface area contributed by atoms with Crippen molar-refractivity contribution in [3.63, 3.8) is 0 Å². The molecule has 192 valence electrons. The number of anilines is 1. The van der Waals surface area contributed by atoms with Crippen molar-refractivity contribution in [3.8, 4) is 0 Å². The molecule has 2 aromatic rings. The highest BCUT2D eigenvalue weighted by molar-refractivity contribution is 8.03. The number of thioether (sulfide) groups is 1. The number of H-pyrrole nitrogens is 1. The number of halogens is 1. The molecule has 1 aromatic heterocycles. The second-order valence-corrected chi connectivity index (χ2v) is 10.4. The Kier molecular flexibility index (Phi) is 7.97. The summed E-state index contributed by atoms with van der Waals surface area (Å²) in [6.45, 7) is 6.28. The van der Waals surface area contributed by atoms with Crippen LogP contribution in [0.15, 0.2) is 47.3 Å². The van der Waals surface area contributed by atoms with Crippen LogP contribution >= 0.6 is 11.8 Å². The van der Waals surface area contributed by atoms with E-state index in [4.69, 9.17) is 0 Å². The summed E-state index contributed by atoms with van der Waals surface area (Å²) in [4.78, 5) is 41.9. The SMILES string of the molecule is CC(=O)NCC(=O)N1CCC(C2=C(C(=O)NC(C)C)N(c3ccc(F)cc3)C(c3cn[nH]c3)S2)CC1. The zero-order valence-corrected chi connectivity index (χ0v) is 21.4. The van der Waals surface area contributed by atoms with Crippen LogP contribution in [0.25, 0.3) is 0 Å². The predicted octanol–water partition coefficient (Wildman–Crippen LogP) is 2.91. The van der Waals surface area contributed by atoms with Crippen molar-refractivity contribution in [2.45, 2.75) is 45.0 Å². The van der Waals surface area contributed by atoms with E-state index in [-0.39, 0.29) is 47.4 Å². The fourth-order valence-corrected chi connectivity index (χ4v) is 6.06. The Morgan fingerprint density at radius 1 is 1.19 bits per heavy atom. The van der Waals surface area contributed by atoms with E-state index in [0.717, 1.165) is 10.5 Å². The standard InChI is InChI=1S/C25H31FN6O3S/c1-15(2)30-24(35)22-23(17-8-10-31(11-9-17)21(34)14-27-16(3)33)36-25(18-12-28-29-13-18)32(22)20-6-4-19(26)5-7-20/h4-7,12-13,15,17,25H,8-11,14H2,1-3H3,(H,27,33)(H,28,29)(H,30,35). The molecule has 3 amide bonds. The number of likely N-dealkylation sites (tertiary alicyclic amines) is 1. The molecule has 0 spiro atoms. The number of aromatic nitrogens is 2. The molecular weight excluding hydrogens is 483 g/mol. The molecule has 1 atom stereocenters. The molecule has 0 aliphatic carbocycles. The Morgan fingerprint density at radius 2 is 1.89 bits per heavy atom. The predicted molar refractivity (Wildman–Crippen MR) is 136 cm³/mol. The molecule has 2 aliphatic heterocycles. The van der Waals surface area contributed by atoms with Gasteiger partial charge in [-0.25, -0.2) is 4.39 Å². The smallest absolute Gasteiger partial charge is 0.269 e. The summed E-state index contributed by atoms with van der Waals surface area (Å²) in [5, 5.41) is 12.3. The number of aromatic amines is 1. The van der Waals surface area contributed by atoms with Crippen molar-refractivity contribution in [2.75, 3.05) is 24.5 Å². The molecule has 1 unspecified atom stereocenters. The number of rotatable bonds is 7. The van der Waals surface area contributed by atoms with E-state index in [9.17, 15) is 18.8 Å². The van der Waals surface area contributed by atoms with Crippen LogP contribution in [0.3, 0.4) is 0 Å². The lowest BCUT2D eigenvalue weighted by atomic mass is 9.94. The van der Waals surface area contributed by atoms with Crippen LogP contribution in [0.4, 0.5) is 10.1 Å². The van der Waals surface area contributed by atoms with E-state index in [1.54, 1.807) is 41.2 Å². The molecule has 2 aliphatic rings. The number of nitrogens with one attached hydrogen (secondary N) is 3. The molecule has 1 saturated heterocycles. The average Bonchev–Trinajstić information content (AvgIpc) is 3.51. The molecular formula is C25H31FN6O3S. The van der Waals surface area contributed by atoms with Crippen LogP contribution < -0.4 is 15.5 Å². The lowest BCUT2D eigenvalue weighted by Gasteiger charge is -2.33. The van der Waals surface area contributed by atoms with Gasteiger partial charge in [0.15, 0.2) is 0 Å². The summed E-state index contributed by atoms with van der Waals surface area (Å²) in [7, 11) is 0. The Bertz CT molecular complexity index is 1130. The minimum absolute atomic E-state index is 0.0135. The zero-order valence-electron chi connectivity index (χ0n) is 20.6. The van der Waals surface area contributed by atoms with Crippen molar-refractivity contribution in [3.05, 3.63) is 58.6 Å². The van der Waals surface area contributed by atoms with Crippen molar-refractivity contribution in [2.24, 2.45) is 5.92 Å². The maximum Gasteiger partial charge on any atom is 0.269 e. The third-order valence-corrected chi connectivity index (χ3v) is 7.69. The number of hydrogen-bond donors (Lipinski definition) is 3. The van der Waals surface area contributed by atoms with Crippen molar-refractivity contribution in [1.82, 2.24) is 25.7 Å². The normalized spacial score (nSPS) is 18.6. The number of carbonyl (C=O) groups excluding carboxylic acids is 3. The molecule has 0 bridgehead atoms. The van der Waals surface area contributed by atoms with Gasteiger partial charge in [0.2, 0.25) is 11.8 Å². The first-order valence-electron chi connectivity index (χ1n) is 12.0. The topological polar surface area (TPSA) is 110 Å². The maximum absolute atomic E-state index is 13.8. The first-order valence-corrected chi connectivity index (χ1v) is 12.9. The molecule has 36 heavy (non-hydrogen) atoms. The summed E-state index contributed by atoms with van der Waals surface area (Å²) in [6.07, 6.45) is 4.93. The van der Waals surface area contributed by atoms with Gasteiger partial charge in [-0.15, -0.1) is 0 Å². The van der Waals surface area contributed by atoms with Gasteiger partial charge in [0.05, 0.1) is 12.7 Å². The highest BCUT2D eigenvalue weighted by atomic mass is 32.2. The maximum atomic E-state index is 13.8. The number of benzene rings is 1. The van der Waals surface area contributed by atoms with Gasteiger partial charge < -0.3 is 20.4 Å². The van der Waals surface area contributed by atoms with Gasteiger partial charge in [0, 0.05) is 48.4 Å². The van der Waals surface area contributed by atoms with Gasteiger partial charge in [-0.3, -0.25) is 19.5 Å². The Morgan fingerprint density at radius 3 is 2.47 bits per heavy atom. The fraction of sp³-hybridized carbons (Fsp3) is 0.440. The number of allylic oxidation sites excluding steroid dienone is 1. The minimum Gasteiger partial charge on any atom is -0.349 e. The van der Waals surface area contributed by atoms with Gasteiger partial charge in [-0.2, -0.15) is 5.10 Å². The monoisotopic (exact) mass is 514 g/mol. The molecule has 3 heterocycles. The average molecular weight is 515 g/mol. The van der Waals surface area contributed by atoms with Gasteiger partial charge >= 0.3 is 0 Å². The largest absolute Gasteiger partial charge is 0.349 e. The van der Waals surface area contributed by atoms with Crippen LogP contribution in [-0.4, -0.2) is 58.5 Å². The summed E-state index contributed by atoms with van der Waals surface area (Å²) >= 11 is 1.60. The number of hydrogen-bond acceptors (Lipinski definition) is 6. The quantitative estimate of drug-likeness (QED) is 0.524. The number of piperidine rings is 1. The molecule has 1 aromatic carbocycles. The molecule has 11 heteroatoms. The first kappa shape index (κ1) is 25.7. The van der Waals surface area contributed by atoms with Gasteiger partial charge in [0.1, 0.15) is 16.9 Å². The summed E-state index contributed by atoms with van der Waals surface area (Å²) in [6, 6.07) is 6.08. The molecule has 9 nitrogen and oxygen atoms in total. The van der Waals surface area contributed by atoms with Crippen LogP contribution in [0.5, 0.6) is 0 Å². The zero-order chi connectivity index (χ0) is 25.8. The molecule has 1 fully saturated rings. The van der Waals surface area contributed by atoms with Crippen molar-refractivity contribution >= 4 is 35.2 Å². The summed E-state index contributed by atoms with van der Waals surface area (Å²) in [5.74, 6) is -0.810. The lowest BCUT2D eigenvalue weighted by molar-refractivity contribution is -0.133. The van der Waals surface area contributed by atoms with Gasteiger partial charge in [-0.05, 0) is 56.9 Å². The van der Waals surface area contributed by atoms with Crippen LogP contribution in [0.2, 0.25) is 0 Å². The van der Waals surface area contributed by atoms with E-state index < -0.39 is 0 Å². The molecule has 4 rings (SSSR count). The third-order valence-electron chi connectivity index (χ3n) is 6.20. The molecule has 3 N–H and O–H groups in total. The minimum atomic E-state index is -0.348. The van der Waals surface area contributed by atoms with Crippen LogP contribution in [0.1, 0.15) is 44.6 Å². The number of carbonyl (C=O) groups is 3. The van der Waals surface area contributed by atoms with Gasteiger partial charge in [-0.1, -0.05) is 11.8 Å². The Balaban J connectivity index is 1.65. The summed E-state index contributed by atoms with van der Waals surface area (Å²) in [5.41, 5.74) is 2.16. The highest BCUT2D eigenvalue weighted by Gasteiger charge is 2.42. The van der Waals surface area contributed by atoms with E-state index in [0.29, 0.717) is 37.3 Å². The van der Waals surface area contributed by atoms with Crippen LogP contribution in [0, 0.1) is 11.7 Å². The van der Waals surface area contributed by atoms with E-state index in [1.165, 1.54) is 19.1 Å². The lowest BCUT2D eigenvalue weighted by Crippen LogP contribution is -2.44. The van der Waals surface area contributed by atoms with Gasteiger partial charge in [0.25, 0.3) is 5.91 Å². The first-order chi connectivity index (χ1) is 17.2. The second kappa shape index (κ2) is 11.2.